The SMILES string of the molecule is CCCC(C)(N)C(=O)Nc1cc(Br)ccc1C. The Kier molecular flexibility index (Phi) is 4.71. The second-order valence-electron chi connectivity index (χ2n) is 4.58. The van der Waals surface area contributed by atoms with Crippen molar-refractivity contribution in [3.63, 3.8) is 0 Å². The Hall–Kier alpha value is -0.870. The van der Waals surface area contributed by atoms with Crippen molar-refractivity contribution in [2.24, 2.45) is 5.73 Å². The number of benzene rings is 1. The van der Waals surface area contributed by atoms with Crippen LogP contribution < -0.4 is 11.1 Å². The van der Waals surface area contributed by atoms with Crippen molar-refractivity contribution >= 4 is 27.5 Å². The number of amides is 1. The van der Waals surface area contributed by atoms with Gasteiger partial charge in [-0.1, -0.05) is 35.3 Å². The molecule has 1 atom stereocenters. The Labute approximate surface area is 111 Å². The standard InChI is InChI=1S/C13H19BrN2O/c1-4-7-13(3,15)12(17)16-11-8-10(14)6-5-9(11)2/h5-6,8H,4,7,15H2,1-3H3,(H,16,17). The van der Waals surface area contributed by atoms with E-state index in [0.717, 1.165) is 22.1 Å². The smallest absolute Gasteiger partial charge is 0.244 e. The van der Waals surface area contributed by atoms with Gasteiger partial charge in [-0.25, -0.2) is 0 Å². The number of nitrogens with two attached hydrogens (primary N) is 1. The Balaban J connectivity index is 2.84. The minimum absolute atomic E-state index is 0.138. The predicted molar refractivity (Wildman–Crippen MR) is 75.0 cm³/mol. The van der Waals surface area contributed by atoms with Gasteiger partial charge >= 0.3 is 0 Å². The molecule has 17 heavy (non-hydrogen) atoms. The number of halogens is 1. The molecule has 0 fully saturated rings. The number of hydrogen-bond donors (Lipinski definition) is 2. The van der Waals surface area contributed by atoms with Gasteiger partial charge in [-0.2, -0.15) is 0 Å². The van der Waals surface area contributed by atoms with Crippen molar-refractivity contribution in [3.8, 4) is 0 Å². The van der Waals surface area contributed by atoms with Gasteiger partial charge in [0.2, 0.25) is 5.91 Å². The summed E-state index contributed by atoms with van der Waals surface area (Å²) in [4.78, 5) is 12.0. The largest absolute Gasteiger partial charge is 0.324 e. The molecule has 0 aliphatic heterocycles. The van der Waals surface area contributed by atoms with E-state index in [1.807, 2.05) is 32.0 Å². The molecule has 1 aromatic rings. The summed E-state index contributed by atoms with van der Waals surface area (Å²) in [6, 6.07) is 5.78. The maximum absolute atomic E-state index is 12.0. The number of carbonyl (C=O) groups excluding carboxylic acids is 1. The normalized spacial score (nSPS) is 14.2. The minimum Gasteiger partial charge on any atom is -0.324 e. The highest BCUT2D eigenvalue weighted by atomic mass is 79.9. The van der Waals surface area contributed by atoms with Gasteiger partial charge in [-0.15, -0.1) is 0 Å². The molecule has 0 bridgehead atoms. The van der Waals surface area contributed by atoms with Crippen molar-refractivity contribution in [2.45, 2.75) is 39.2 Å². The number of nitrogens with one attached hydrogen (secondary N) is 1. The zero-order valence-corrected chi connectivity index (χ0v) is 12.1. The van der Waals surface area contributed by atoms with Crippen LogP contribution in [0.4, 0.5) is 5.69 Å². The van der Waals surface area contributed by atoms with Crippen LogP contribution in [0.1, 0.15) is 32.3 Å². The van der Waals surface area contributed by atoms with Crippen molar-refractivity contribution in [1.82, 2.24) is 0 Å². The van der Waals surface area contributed by atoms with E-state index in [4.69, 9.17) is 5.73 Å². The minimum atomic E-state index is -0.816. The van der Waals surface area contributed by atoms with Gasteiger partial charge in [0.05, 0.1) is 5.54 Å². The summed E-state index contributed by atoms with van der Waals surface area (Å²) < 4.78 is 0.938. The topological polar surface area (TPSA) is 55.1 Å². The monoisotopic (exact) mass is 298 g/mol. The summed E-state index contributed by atoms with van der Waals surface area (Å²) >= 11 is 3.38. The highest BCUT2D eigenvalue weighted by molar-refractivity contribution is 9.10. The average Bonchev–Trinajstić information content (AvgIpc) is 2.23. The first kappa shape index (κ1) is 14.2. The molecule has 0 heterocycles. The van der Waals surface area contributed by atoms with Crippen LogP contribution >= 0.6 is 15.9 Å². The van der Waals surface area contributed by atoms with Crippen LogP contribution in [0.25, 0.3) is 0 Å². The van der Waals surface area contributed by atoms with Gasteiger partial charge < -0.3 is 11.1 Å². The molecule has 3 nitrogen and oxygen atoms in total. The zero-order chi connectivity index (χ0) is 13.1. The summed E-state index contributed by atoms with van der Waals surface area (Å²) in [5.74, 6) is -0.138. The Morgan fingerprint density at radius 1 is 1.53 bits per heavy atom. The molecule has 3 N–H and O–H groups in total. The van der Waals surface area contributed by atoms with Crippen LogP contribution in [-0.4, -0.2) is 11.4 Å². The van der Waals surface area contributed by atoms with Crippen molar-refractivity contribution < 1.29 is 4.79 Å². The van der Waals surface area contributed by atoms with Crippen LogP contribution in [0.3, 0.4) is 0 Å². The van der Waals surface area contributed by atoms with E-state index in [0.29, 0.717) is 6.42 Å². The molecular formula is C13H19BrN2O. The highest BCUT2D eigenvalue weighted by Gasteiger charge is 2.27. The lowest BCUT2D eigenvalue weighted by molar-refractivity contribution is -0.120. The van der Waals surface area contributed by atoms with E-state index < -0.39 is 5.54 Å². The third-order valence-corrected chi connectivity index (χ3v) is 3.23. The van der Waals surface area contributed by atoms with Gasteiger partial charge in [0.25, 0.3) is 0 Å². The first-order chi connectivity index (χ1) is 7.86. The molecule has 0 aliphatic carbocycles. The van der Waals surface area contributed by atoms with Gasteiger partial charge in [0.1, 0.15) is 0 Å². The summed E-state index contributed by atoms with van der Waals surface area (Å²) in [7, 11) is 0. The highest BCUT2D eigenvalue weighted by Crippen LogP contribution is 2.22. The third kappa shape index (κ3) is 3.82. The lowest BCUT2D eigenvalue weighted by Gasteiger charge is -2.23. The molecule has 0 spiro atoms. The van der Waals surface area contributed by atoms with E-state index in [-0.39, 0.29) is 5.91 Å². The predicted octanol–water partition coefficient (Wildman–Crippen LogP) is 3.21. The van der Waals surface area contributed by atoms with E-state index in [9.17, 15) is 4.79 Å². The maximum atomic E-state index is 12.0. The summed E-state index contributed by atoms with van der Waals surface area (Å²) in [5, 5.41) is 2.88. The molecule has 0 saturated heterocycles. The van der Waals surface area contributed by atoms with Crippen LogP contribution in [0.15, 0.2) is 22.7 Å². The number of aryl methyl sites for hydroxylation is 1. The molecule has 1 amide bonds. The Bertz CT molecular complexity index is 416. The van der Waals surface area contributed by atoms with Gasteiger partial charge in [-0.3, -0.25) is 4.79 Å². The number of anilines is 1. The molecule has 0 saturated carbocycles. The fourth-order valence-corrected chi connectivity index (χ4v) is 1.99. The second-order valence-corrected chi connectivity index (χ2v) is 5.50. The number of carbonyl (C=O) groups is 1. The van der Waals surface area contributed by atoms with E-state index >= 15 is 0 Å². The van der Waals surface area contributed by atoms with Gasteiger partial charge in [0.15, 0.2) is 0 Å². The average molecular weight is 299 g/mol. The first-order valence-electron chi connectivity index (χ1n) is 5.73. The van der Waals surface area contributed by atoms with E-state index in [1.165, 1.54) is 0 Å². The molecule has 0 radical (unpaired) electrons. The second kappa shape index (κ2) is 5.65. The lowest BCUT2D eigenvalue weighted by atomic mass is 9.96. The van der Waals surface area contributed by atoms with Crippen molar-refractivity contribution in [3.05, 3.63) is 28.2 Å². The third-order valence-electron chi connectivity index (χ3n) is 2.74. The maximum Gasteiger partial charge on any atom is 0.244 e. The Morgan fingerprint density at radius 3 is 2.76 bits per heavy atom. The van der Waals surface area contributed by atoms with Crippen molar-refractivity contribution in [2.75, 3.05) is 5.32 Å². The zero-order valence-electron chi connectivity index (χ0n) is 10.5. The summed E-state index contributed by atoms with van der Waals surface area (Å²) in [6.45, 7) is 5.73. The summed E-state index contributed by atoms with van der Waals surface area (Å²) in [6.07, 6.45) is 1.56. The molecule has 1 rings (SSSR count). The van der Waals surface area contributed by atoms with Crippen LogP contribution in [0.2, 0.25) is 0 Å². The Morgan fingerprint density at radius 2 is 2.18 bits per heavy atom. The van der Waals surface area contributed by atoms with E-state index in [1.54, 1.807) is 6.92 Å². The number of rotatable bonds is 4. The molecule has 1 unspecified atom stereocenters. The molecule has 0 aliphatic rings. The molecule has 94 valence electrons. The number of hydrogen-bond acceptors (Lipinski definition) is 2. The van der Waals surface area contributed by atoms with Gasteiger partial charge in [-0.05, 0) is 38.0 Å². The first-order valence-corrected chi connectivity index (χ1v) is 6.52. The fraction of sp³-hybridized carbons (Fsp3) is 0.462. The molecular weight excluding hydrogens is 280 g/mol. The molecule has 4 heteroatoms. The molecule has 1 aromatic carbocycles. The summed E-state index contributed by atoms with van der Waals surface area (Å²) in [5.41, 5.74) is 6.99. The fourth-order valence-electron chi connectivity index (χ4n) is 1.63. The van der Waals surface area contributed by atoms with Crippen LogP contribution in [0, 0.1) is 6.92 Å². The van der Waals surface area contributed by atoms with Crippen LogP contribution in [0.5, 0.6) is 0 Å². The van der Waals surface area contributed by atoms with Crippen molar-refractivity contribution in [1.29, 1.82) is 0 Å². The lowest BCUT2D eigenvalue weighted by Crippen LogP contribution is -2.48. The van der Waals surface area contributed by atoms with Gasteiger partial charge in [0, 0.05) is 10.2 Å². The molecule has 0 aromatic heterocycles. The van der Waals surface area contributed by atoms with E-state index in [2.05, 4.69) is 21.2 Å². The quantitative estimate of drug-likeness (QED) is 0.897. The van der Waals surface area contributed by atoms with Crippen LogP contribution in [-0.2, 0) is 4.79 Å².